The van der Waals surface area contributed by atoms with E-state index in [1.807, 2.05) is 33.3 Å². The van der Waals surface area contributed by atoms with Gasteiger partial charge in [0.25, 0.3) is 7.82 Å². The van der Waals surface area contributed by atoms with E-state index in [1.165, 1.54) is 135 Å². The molecule has 0 aliphatic carbocycles. The number of nitrogens with one attached hydrogen (secondary N) is 1. The Kier molecular flexibility index (Phi) is 62.7. The highest BCUT2D eigenvalue weighted by atomic mass is 31.2. The molecule has 0 fully saturated rings. The summed E-state index contributed by atoms with van der Waals surface area (Å²) in [6.45, 7) is 6.70. The Balaban J connectivity index is 5.14. The summed E-state index contributed by atoms with van der Waals surface area (Å²) in [5.41, 5.74) is 0. The number of esters is 1. The van der Waals surface area contributed by atoms with Crippen LogP contribution in [0.3, 0.4) is 0 Å². The van der Waals surface area contributed by atoms with E-state index in [1.54, 1.807) is 0 Å². The predicted molar refractivity (Wildman–Crippen MR) is 376 cm³/mol. The molecule has 0 spiro atoms. The lowest BCUT2D eigenvalue weighted by Crippen LogP contribution is -2.47. The molecule has 0 radical (unpaired) electrons. The molecule has 0 saturated carbocycles. The summed E-state index contributed by atoms with van der Waals surface area (Å²) in [7, 11) is 1.16. The second-order valence-corrected chi connectivity index (χ2v) is 26.4. The number of hydrogen-bond donors (Lipinski definition) is 1. The molecule has 3 atom stereocenters. The van der Waals surface area contributed by atoms with Gasteiger partial charge in [-0.2, -0.15) is 0 Å². The minimum absolute atomic E-state index is 0.0326. The smallest absolute Gasteiger partial charge is 0.306 e. The minimum Gasteiger partial charge on any atom is -0.756 e. The number of nitrogens with zero attached hydrogens (tertiary/aromatic N) is 1. The molecular weight excluding hydrogens is 1100 g/mol. The average Bonchev–Trinajstić information content (AvgIpc) is 3.69. The van der Waals surface area contributed by atoms with Crippen LogP contribution in [0.25, 0.3) is 0 Å². The van der Waals surface area contributed by atoms with Crippen molar-refractivity contribution in [1.82, 2.24) is 5.32 Å². The average molecular weight is 1230 g/mol. The first-order valence-electron chi connectivity index (χ1n) is 35.8. The summed E-state index contributed by atoms with van der Waals surface area (Å²) in [6, 6.07) is -0.909. The van der Waals surface area contributed by atoms with Gasteiger partial charge >= 0.3 is 5.97 Å². The third kappa shape index (κ3) is 66.7. The number of phosphoric acid groups is 1. The fourth-order valence-electron chi connectivity index (χ4n) is 9.89. The van der Waals surface area contributed by atoms with Gasteiger partial charge in [0.05, 0.1) is 33.8 Å². The molecule has 500 valence electrons. The largest absolute Gasteiger partial charge is 0.756 e. The minimum atomic E-state index is -4.72. The van der Waals surface area contributed by atoms with Gasteiger partial charge in [-0.05, 0) is 122 Å². The highest BCUT2D eigenvalue weighted by Gasteiger charge is 2.27. The SMILES string of the molecule is CC/C=C\C/C=C\C/C=C\C/C=C\C/C=C\CCCCCCCC(=O)NC(COP(=O)([O-])OCC[N+](C)(C)C)C(/C=C\CCCCCCCCCCCCC)OC(=O)CCCCCCCCCCCCC/C=C\C/C=C\C/C=C\C/C=C\CCCCC. The zero-order chi connectivity index (χ0) is 63.5. The van der Waals surface area contributed by atoms with Crippen molar-refractivity contribution in [2.45, 2.75) is 315 Å². The van der Waals surface area contributed by atoms with Crippen LogP contribution in [0.2, 0.25) is 0 Å². The first-order chi connectivity index (χ1) is 42.4. The van der Waals surface area contributed by atoms with Crippen LogP contribution in [0, 0.1) is 0 Å². The molecular formula is C77H135N2O7P. The van der Waals surface area contributed by atoms with Crippen LogP contribution in [0.5, 0.6) is 0 Å². The Morgan fingerprint density at radius 2 is 0.736 bits per heavy atom. The fourth-order valence-corrected chi connectivity index (χ4v) is 10.6. The maximum atomic E-state index is 13.6. The standard InChI is InChI=1S/C77H135N2O7P/c1-7-10-13-16-19-22-25-28-30-32-34-36-37-38-39-40-41-43-45-47-49-52-55-58-61-64-67-70-77(81)86-75(68-65-62-59-56-53-50-27-24-21-18-15-12-9-3)74(73-85-87(82,83)84-72-71-79(4,5)6)78-76(80)69-66-63-60-57-54-51-48-46-44-42-35-33-31-29-26-23-20-17-14-11-8-2/h11,14,19-20,22-23,28-31,34-36,38-39,42,46,48,65,68,74-75H,7-10,12-13,15-18,21,24-27,32-33,37,40-41,43-45,47,49-64,66-67,69-73H2,1-6H3,(H-,78,80,82,83)/b14-11-,22-19-,23-20-,30-28-,31-29-,36-34-,39-38-,42-35-,48-46-,68-65-. The molecule has 0 aromatic carbocycles. The quantitative estimate of drug-likeness (QED) is 0.0212. The van der Waals surface area contributed by atoms with Crippen LogP contribution in [0.1, 0.15) is 303 Å². The molecule has 0 heterocycles. The predicted octanol–water partition coefficient (Wildman–Crippen LogP) is 22.4. The number of carbonyl (C=O) groups excluding carboxylic acids is 2. The molecule has 87 heavy (non-hydrogen) atoms. The Bertz CT molecular complexity index is 1900. The summed E-state index contributed by atoms with van der Waals surface area (Å²) in [6.07, 6.45) is 91.7. The van der Waals surface area contributed by atoms with Gasteiger partial charge in [-0.25, -0.2) is 0 Å². The zero-order valence-electron chi connectivity index (χ0n) is 57.2. The summed E-state index contributed by atoms with van der Waals surface area (Å²) >= 11 is 0. The molecule has 0 saturated heterocycles. The van der Waals surface area contributed by atoms with Gasteiger partial charge < -0.3 is 28.5 Å². The van der Waals surface area contributed by atoms with Crippen LogP contribution in [0.4, 0.5) is 0 Å². The van der Waals surface area contributed by atoms with Crippen molar-refractivity contribution in [2.75, 3.05) is 40.9 Å². The van der Waals surface area contributed by atoms with E-state index in [4.69, 9.17) is 13.8 Å². The third-order valence-corrected chi connectivity index (χ3v) is 16.3. The molecule has 0 aliphatic heterocycles. The van der Waals surface area contributed by atoms with Gasteiger partial charge in [-0.15, -0.1) is 0 Å². The van der Waals surface area contributed by atoms with Crippen molar-refractivity contribution < 1.29 is 37.3 Å². The molecule has 0 bridgehead atoms. The van der Waals surface area contributed by atoms with Crippen molar-refractivity contribution in [3.05, 3.63) is 122 Å². The van der Waals surface area contributed by atoms with Gasteiger partial charge in [-0.1, -0.05) is 290 Å². The third-order valence-electron chi connectivity index (χ3n) is 15.4. The highest BCUT2D eigenvalue weighted by molar-refractivity contribution is 7.45. The Labute approximate surface area is 537 Å². The Morgan fingerprint density at radius 1 is 0.414 bits per heavy atom. The van der Waals surface area contributed by atoms with Crippen LogP contribution in [0.15, 0.2) is 122 Å². The van der Waals surface area contributed by atoms with Crippen molar-refractivity contribution in [2.24, 2.45) is 0 Å². The molecule has 0 aromatic rings. The lowest BCUT2D eigenvalue weighted by atomic mass is 10.0. The first-order valence-corrected chi connectivity index (χ1v) is 37.3. The molecule has 0 rings (SSSR count). The van der Waals surface area contributed by atoms with E-state index in [2.05, 4.69) is 135 Å². The van der Waals surface area contributed by atoms with Crippen molar-refractivity contribution in [3.63, 3.8) is 0 Å². The van der Waals surface area contributed by atoms with Gasteiger partial charge in [0, 0.05) is 12.8 Å². The van der Waals surface area contributed by atoms with Gasteiger partial charge in [0.1, 0.15) is 19.3 Å². The lowest BCUT2D eigenvalue weighted by molar-refractivity contribution is -0.870. The van der Waals surface area contributed by atoms with Crippen molar-refractivity contribution >= 4 is 19.7 Å². The van der Waals surface area contributed by atoms with E-state index >= 15 is 0 Å². The van der Waals surface area contributed by atoms with Crippen molar-refractivity contribution in [3.8, 4) is 0 Å². The highest BCUT2D eigenvalue weighted by Crippen LogP contribution is 2.38. The number of quaternary nitrogens is 1. The number of allylic oxidation sites excluding steroid dienone is 19. The number of amides is 1. The summed E-state index contributed by atoms with van der Waals surface area (Å²) < 4.78 is 30.5. The van der Waals surface area contributed by atoms with Crippen molar-refractivity contribution in [1.29, 1.82) is 0 Å². The molecule has 1 amide bonds. The van der Waals surface area contributed by atoms with Gasteiger partial charge in [0.15, 0.2) is 0 Å². The Morgan fingerprint density at radius 3 is 1.13 bits per heavy atom. The molecule has 10 heteroatoms. The zero-order valence-corrected chi connectivity index (χ0v) is 58.1. The molecule has 0 aromatic heterocycles. The molecule has 1 N–H and O–H groups in total. The van der Waals surface area contributed by atoms with Crippen LogP contribution in [-0.2, 0) is 27.9 Å². The first kappa shape index (κ1) is 83.4. The summed E-state index contributed by atoms with van der Waals surface area (Å²) in [5, 5.41) is 3.03. The van der Waals surface area contributed by atoms with Crippen LogP contribution in [-0.4, -0.2) is 69.4 Å². The number of ether oxygens (including phenoxy) is 1. The van der Waals surface area contributed by atoms with Gasteiger partial charge in [-0.3, -0.25) is 14.2 Å². The van der Waals surface area contributed by atoms with Gasteiger partial charge in [0.2, 0.25) is 5.91 Å². The number of rotatable bonds is 64. The van der Waals surface area contributed by atoms with E-state index in [0.29, 0.717) is 17.4 Å². The van der Waals surface area contributed by atoms with E-state index in [-0.39, 0.29) is 31.3 Å². The van der Waals surface area contributed by atoms with E-state index in [9.17, 15) is 19.0 Å². The van der Waals surface area contributed by atoms with E-state index < -0.39 is 26.6 Å². The second-order valence-electron chi connectivity index (χ2n) is 25.0. The number of phosphoric ester groups is 1. The number of carbonyl (C=O) groups is 2. The summed E-state index contributed by atoms with van der Waals surface area (Å²) in [5.74, 6) is -0.567. The number of unbranched alkanes of at least 4 members (excludes halogenated alkanes) is 30. The Hall–Kier alpha value is -3.59. The van der Waals surface area contributed by atoms with E-state index in [0.717, 1.165) is 128 Å². The molecule has 3 unspecified atom stereocenters. The number of hydrogen-bond acceptors (Lipinski definition) is 7. The fraction of sp³-hybridized carbons (Fsp3) is 0.714. The lowest BCUT2D eigenvalue weighted by Gasteiger charge is -2.30. The maximum Gasteiger partial charge on any atom is 0.306 e. The maximum absolute atomic E-state index is 13.6. The summed E-state index contributed by atoms with van der Waals surface area (Å²) in [4.78, 5) is 40.2. The molecule has 9 nitrogen and oxygen atoms in total. The van der Waals surface area contributed by atoms with Crippen LogP contribution < -0.4 is 10.2 Å². The second kappa shape index (κ2) is 65.4. The topological polar surface area (TPSA) is 114 Å². The molecule has 0 aliphatic rings. The number of likely N-dealkylation sites (N-methyl/N-ethyl adjacent to an activating group) is 1. The normalized spacial score (nSPS) is 14.2. The monoisotopic (exact) mass is 1230 g/mol. The van der Waals surface area contributed by atoms with Crippen LogP contribution >= 0.6 is 7.82 Å².